The van der Waals surface area contributed by atoms with Gasteiger partial charge in [0.1, 0.15) is 0 Å². The minimum atomic E-state index is -0.596. The number of amides is 3. The van der Waals surface area contributed by atoms with Crippen molar-refractivity contribution in [2.45, 2.75) is 6.54 Å². The molecule has 2 aromatic rings. The summed E-state index contributed by atoms with van der Waals surface area (Å²) < 4.78 is 0. The molecule has 0 aliphatic carbocycles. The van der Waals surface area contributed by atoms with E-state index in [1.807, 2.05) is 0 Å². The van der Waals surface area contributed by atoms with Crippen LogP contribution in [0.4, 0.5) is 10.5 Å². The minimum absolute atomic E-state index is 0.271. The number of primary amides is 1. The Morgan fingerprint density at radius 1 is 1.00 bits per heavy atom. The van der Waals surface area contributed by atoms with E-state index in [0.717, 1.165) is 5.56 Å². The Hall–Kier alpha value is -2.24. The average molecular weight is 338 g/mol. The molecule has 0 aliphatic rings. The van der Waals surface area contributed by atoms with Crippen molar-refractivity contribution in [3.05, 3.63) is 63.6 Å². The second kappa shape index (κ2) is 7.15. The lowest BCUT2D eigenvalue weighted by Gasteiger charge is -2.07. The van der Waals surface area contributed by atoms with Gasteiger partial charge >= 0.3 is 6.03 Å². The lowest BCUT2D eigenvalue weighted by molar-refractivity contribution is 0.102. The number of hydrogen-bond donors (Lipinski definition) is 3. The quantitative estimate of drug-likeness (QED) is 0.798. The summed E-state index contributed by atoms with van der Waals surface area (Å²) in [6.45, 7) is 0.310. The van der Waals surface area contributed by atoms with Crippen molar-refractivity contribution >= 4 is 40.8 Å². The van der Waals surface area contributed by atoms with Gasteiger partial charge in [-0.25, -0.2) is 4.79 Å². The third kappa shape index (κ3) is 4.38. The summed E-state index contributed by atoms with van der Waals surface area (Å²) in [6.07, 6.45) is 0. The number of benzene rings is 2. The van der Waals surface area contributed by atoms with Crippen molar-refractivity contribution in [1.82, 2.24) is 5.32 Å². The van der Waals surface area contributed by atoms with Gasteiger partial charge in [-0.1, -0.05) is 35.3 Å². The van der Waals surface area contributed by atoms with Crippen LogP contribution in [0, 0.1) is 0 Å². The maximum Gasteiger partial charge on any atom is 0.312 e. The smallest absolute Gasteiger partial charge is 0.312 e. The van der Waals surface area contributed by atoms with Gasteiger partial charge in [0, 0.05) is 17.8 Å². The van der Waals surface area contributed by atoms with Crippen molar-refractivity contribution in [3.63, 3.8) is 0 Å². The van der Waals surface area contributed by atoms with Gasteiger partial charge in [-0.05, 0) is 35.9 Å². The molecule has 3 amide bonds. The molecule has 7 heteroatoms. The molecule has 2 rings (SSSR count). The molecular formula is C15H13Cl2N3O2. The highest BCUT2D eigenvalue weighted by Gasteiger charge is 2.07. The maximum atomic E-state index is 12.1. The monoisotopic (exact) mass is 337 g/mol. The van der Waals surface area contributed by atoms with Gasteiger partial charge in [-0.3, -0.25) is 4.79 Å². The molecule has 0 bridgehead atoms. The molecule has 0 fully saturated rings. The zero-order valence-electron chi connectivity index (χ0n) is 11.4. The summed E-state index contributed by atoms with van der Waals surface area (Å²) in [6, 6.07) is 11.0. The van der Waals surface area contributed by atoms with Crippen LogP contribution in [-0.2, 0) is 6.54 Å². The van der Waals surface area contributed by atoms with Gasteiger partial charge in [0.05, 0.1) is 10.0 Å². The van der Waals surface area contributed by atoms with Gasteiger partial charge in [-0.15, -0.1) is 0 Å². The normalized spacial score (nSPS) is 10.1. The van der Waals surface area contributed by atoms with Crippen LogP contribution in [-0.4, -0.2) is 11.9 Å². The Bertz CT molecular complexity index is 702. The van der Waals surface area contributed by atoms with Crippen LogP contribution in [0.15, 0.2) is 42.5 Å². The van der Waals surface area contributed by atoms with Gasteiger partial charge in [-0.2, -0.15) is 0 Å². The number of rotatable bonds is 4. The van der Waals surface area contributed by atoms with Crippen LogP contribution in [0.3, 0.4) is 0 Å². The zero-order chi connectivity index (χ0) is 16.1. The standard InChI is InChI=1S/C15H13Cl2N3O2/c16-12-6-5-11(7-13(12)17)20-14(21)10-3-1-9(2-4-10)8-19-15(18)22/h1-7H,8H2,(H,20,21)(H3,18,19,22). The largest absolute Gasteiger partial charge is 0.352 e. The molecule has 5 nitrogen and oxygen atoms in total. The number of hydrogen-bond acceptors (Lipinski definition) is 2. The Balaban J connectivity index is 2.03. The topological polar surface area (TPSA) is 84.2 Å². The number of carbonyl (C=O) groups is 2. The molecule has 0 aromatic heterocycles. The molecule has 0 heterocycles. The van der Waals surface area contributed by atoms with E-state index >= 15 is 0 Å². The molecule has 114 valence electrons. The average Bonchev–Trinajstić information content (AvgIpc) is 2.49. The lowest BCUT2D eigenvalue weighted by Crippen LogP contribution is -2.28. The molecule has 0 radical (unpaired) electrons. The summed E-state index contributed by atoms with van der Waals surface area (Å²) in [5.41, 5.74) is 6.87. The van der Waals surface area contributed by atoms with Crippen molar-refractivity contribution in [2.75, 3.05) is 5.32 Å². The summed E-state index contributed by atoms with van der Waals surface area (Å²) in [5, 5.41) is 5.99. The highest BCUT2D eigenvalue weighted by atomic mass is 35.5. The summed E-state index contributed by atoms with van der Waals surface area (Å²) in [5.74, 6) is -0.271. The van der Waals surface area contributed by atoms with Crippen LogP contribution in [0.25, 0.3) is 0 Å². The number of nitrogens with two attached hydrogens (primary N) is 1. The number of halogens is 2. The van der Waals surface area contributed by atoms with Crippen LogP contribution < -0.4 is 16.4 Å². The number of urea groups is 1. The van der Waals surface area contributed by atoms with E-state index < -0.39 is 6.03 Å². The van der Waals surface area contributed by atoms with Gasteiger partial charge in [0.2, 0.25) is 0 Å². The zero-order valence-corrected chi connectivity index (χ0v) is 12.9. The SMILES string of the molecule is NC(=O)NCc1ccc(C(=O)Nc2ccc(Cl)c(Cl)c2)cc1. The van der Waals surface area contributed by atoms with Crippen molar-refractivity contribution < 1.29 is 9.59 Å². The summed E-state index contributed by atoms with van der Waals surface area (Å²) >= 11 is 11.7. The minimum Gasteiger partial charge on any atom is -0.352 e. The first-order valence-corrected chi connectivity index (χ1v) is 7.10. The predicted octanol–water partition coefficient (Wildman–Crippen LogP) is 3.41. The molecule has 0 atom stereocenters. The fourth-order valence-electron chi connectivity index (χ4n) is 1.74. The number of carbonyl (C=O) groups excluding carboxylic acids is 2. The lowest BCUT2D eigenvalue weighted by atomic mass is 10.1. The third-order valence-corrected chi connectivity index (χ3v) is 3.60. The van der Waals surface area contributed by atoms with Gasteiger partial charge in [0.25, 0.3) is 5.91 Å². The number of nitrogens with one attached hydrogen (secondary N) is 2. The predicted molar refractivity (Wildman–Crippen MR) is 87.3 cm³/mol. The van der Waals surface area contributed by atoms with Gasteiger partial charge < -0.3 is 16.4 Å². The third-order valence-electron chi connectivity index (χ3n) is 2.86. The Labute approximate surface area is 137 Å². The van der Waals surface area contributed by atoms with E-state index in [2.05, 4.69) is 10.6 Å². The molecule has 0 unspecified atom stereocenters. The maximum absolute atomic E-state index is 12.1. The molecule has 0 saturated carbocycles. The second-order valence-corrected chi connectivity index (χ2v) is 5.31. The molecule has 0 saturated heterocycles. The molecule has 0 spiro atoms. The van der Waals surface area contributed by atoms with E-state index in [4.69, 9.17) is 28.9 Å². The highest BCUT2D eigenvalue weighted by Crippen LogP contribution is 2.25. The molecular weight excluding hydrogens is 325 g/mol. The Morgan fingerprint density at radius 2 is 1.68 bits per heavy atom. The van der Waals surface area contributed by atoms with Crippen molar-refractivity contribution in [1.29, 1.82) is 0 Å². The molecule has 22 heavy (non-hydrogen) atoms. The fourth-order valence-corrected chi connectivity index (χ4v) is 2.04. The Kier molecular flexibility index (Phi) is 5.25. The van der Waals surface area contributed by atoms with E-state index in [9.17, 15) is 9.59 Å². The van der Waals surface area contributed by atoms with Crippen LogP contribution in [0.5, 0.6) is 0 Å². The first-order chi connectivity index (χ1) is 10.5. The molecule has 2 aromatic carbocycles. The van der Waals surface area contributed by atoms with E-state index in [1.165, 1.54) is 0 Å². The Morgan fingerprint density at radius 3 is 2.27 bits per heavy atom. The molecule has 0 aliphatic heterocycles. The van der Waals surface area contributed by atoms with Crippen LogP contribution in [0.1, 0.15) is 15.9 Å². The van der Waals surface area contributed by atoms with Crippen molar-refractivity contribution in [2.24, 2.45) is 5.73 Å². The summed E-state index contributed by atoms with van der Waals surface area (Å²) in [4.78, 5) is 22.7. The second-order valence-electron chi connectivity index (χ2n) is 4.50. The van der Waals surface area contributed by atoms with E-state index in [1.54, 1.807) is 42.5 Å². The number of anilines is 1. The first-order valence-electron chi connectivity index (χ1n) is 6.34. The summed E-state index contributed by atoms with van der Waals surface area (Å²) in [7, 11) is 0. The van der Waals surface area contributed by atoms with E-state index in [0.29, 0.717) is 27.8 Å². The molecule has 4 N–H and O–H groups in total. The first kappa shape index (κ1) is 16.1. The van der Waals surface area contributed by atoms with Crippen LogP contribution in [0.2, 0.25) is 10.0 Å². The van der Waals surface area contributed by atoms with E-state index in [-0.39, 0.29) is 5.91 Å². The van der Waals surface area contributed by atoms with Crippen molar-refractivity contribution in [3.8, 4) is 0 Å². The highest BCUT2D eigenvalue weighted by molar-refractivity contribution is 6.42. The van der Waals surface area contributed by atoms with Crippen LogP contribution >= 0.6 is 23.2 Å². The fraction of sp³-hybridized carbons (Fsp3) is 0.0667. The van der Waals surface area contributed by atoms with Gasteiger partial charge in [0.15, 0.2) is 0 Å².